The van der Waals surface area contributed by atoms with Gasteiger partial charge in [-0.1, -0.05) is 62.7 Å². The number of carbonyl (C=O) groups excluding carboxylic acids is 2. The van der Waals surface area contributed by atoms with Crippen LogP contribution in [0.2, 0.25) is 0 Å². The van der Waals surface area contributed by atoms with Crippen molar-refractivity contribution in [2.75, 3.05) is 5.32 Å². The van der Waals surface area contributed by atoms with Crippen LogP contribution < -0.4 is 11.1 Å². The van der Waals surface area contributed by atoms with E-state index in [1.165, 1.54) is 0 Å². The van der Waals surface area contributed by atoms with E-state index >= 15 is 0 Å². The van der Waals surface area contributed by atoms with E-state index in [1.54, 1.807) is 24.3 Å². The van der Waals surface area contributed by atoms with Gasteiger partial charge >= 0.3 is 0 Å². The van der Waals surface area contributed by atoms with Gasteiger partial charge in [0, 0.05) is 5.69 Å². The van der Waals surface area contributed by atoms with Crippen molar-refractivity contribution in [3.63, 3.8) is 0 Å². The molecule has 0 aliphatic carbocycles. The normalized spacial score (nSPS) is 13.1. The van der Waals surface area contributed by atoms with Crippen molar-refractivity contribution in [2.24, 2.45) is 11.7 Å². The summed E-state index contributed by atoms with van der Waals surface area (Å²) in [6.45, 7) is 4.18. The number of benzene rings is 2. The SMILES string of the molecule is CCC(C)C(C(=O)Nc1ccc(CC(N)=O)cc1)c1ccccc1. The van der Waals surface area contributed by atoms with Crippen molar-refractivity contribution in [2.45, 2.75) is 32.6 Å². The van der Waals surface area contributed by atoms with E-state index in [9.17, 15) is 9.59 Å². The maximum absolute atomic E-state index is 12.8. The maximum atomic E-state index is 12.8. The largest absolute Gasteiger partial charge is 0.369 e. The number of hydrogen-bond donors (Lipinski definition) is 2. The van der Waals surface area contributed by atoms with E-state index < -0.39 is 0 Å². The summed E-state index contributed by atoms with van der Waals surface area (Å²) in [6.07, 6.45) is 1.12. The number of hydrogen-bond acceptors (Lipinski definition) is 2. The van der Waals surface area contributed by atoms with E-state index in [0.717, 1.165) is 23.2 Å². The second kappa shape index (κ2) is 8.29. The average molecular weight is 324 g/mol. The molecule has 0 saturated heterocycles. The molecule has 4 nitrogen and oxygen atoms in total. The van der Waals surface area contributed by atoms with Crippen LogP contribution >= 0.6 is 0 Å². The van der Waals surface area contributed by atoms with Crippen LogP contribution in [0.4, 0.5) is 5.69 Å². The molecule has 2 atom stereocenters. The standard InChI is InChI=1S/C20H24N2O2/c1-3-14(2)19(16-7-5-4-6-8-16)20(24)22-17-11-9-15(10-12-17)13-18(21)23/h4-12,14,19H,3,13H2,1-2H3,(H2,21,23)(H,22,24). The lowest BCUT2D eigenvalue weighted by atomic mass is 9.85. The van der Waals surface area contributed by atoms with Crippen molar-refractivity contribution in [3.8, 4) is 0 Å². The second-order valence-electron chi connectivity index (χ2n) is 6.10. The number of nitrogens with one attached hydrogen (secondary N) is 1. The summed E-state index contributed by atoms with van der Waals surface area (Å²) in [5, 5.41) is 2.98. The highest BCUT2D eigenvalue weighted by Crippen LogP contribution is 2.28. The van der Waals surface area contributed by atoms with Crippen LogP contribution in [0.1, 0.15) is 37.3 Å². The van der Waals surface area contributed by atoms with Gasteiger partial charge in [0.1, 0.15) is 0 Å². The van der Waals surface area contributed by atoms with Crippen LogP contribution in [0.3, 0.4) is 0 Å². The molecule has 3 N–H and O–H groups in total. The highest BCUT2D eigenvalue weighted by atomic mass is 16.2. The van der Waals surface area contributed by atoms with Gasteiger partial charge in [0.2, 0.25) is 11.8 Å². The molecule has 2 aromatic carbocycles. The lowest BCUT2D eigenvalue weighted by Crippen LogP contribution is -2.26. The molecular formula is C20H24N2O2. The van der Waals surface area contributed by atoms with Gasteiger partial charge in [-0.3, -0.25) is 9.59 Å². The highest BCUT2D eigenvalue weighted by Gasteiger charge is 2.25. The molecule has 0 spiro atoms. The fourth-order valence-electron chi connectivity index (χ4n) is 2.76. The first-order valence-electron chi connectivity index (χ1n) is 8.24. The molecule has 0 saturated carbocycles. The molecule has 0 aromatic heterocycles. The lowest BCUT2D eigenvalue weighted by Gasteiger charge is -2.23. The van der Waals surface area contributed by atoms with Crippen LogP contribution in [0.15, 0.2) is 54.6 Å². The fourth-order valence-corrected chi connectivity index (χ4v) is 2.76. The third-order valence-corrected chi connectivity index (χ3v) is 4.25. The maximum Gasteiger partial charge on any atom is 0.232 e. The molecule has 24 heavy (non-hydrogen) atoms. The Bertz CT molecular complexity index is 681. The van der Waals surface area contributed by atoms with Crippen LogP contribution in [0, 0.1) is 5.92 Å². The highest BCUT2D eigenvalue weighted by molar-refractivity contribution is 5.96. The molecule has 2 rings (SSSR count). The summed E-state index contributed by atoms with van der Waals surface area (Å²) in [4.78, 5) is 23.7. The topological polar surface area (TPSA) is 72.2 Å². The summed E-state index contributed by atoms with van der Waals surface area (Å²) < 4.78 is 0. The Labute approximate surface area is 143 Å². The minimum absolute atomic E-state index is 0.0156. The molecule has 2 unspecified atom stereocenters. The third kappa shape index (κ3) is 4.69. The summed E-state index contributed by atoms with van der Waals surface area (Å²) in [7, 11) is 0. The Morgan fingerprint density at radius 3 is 2.21 bits per heavy atom. The number of amides is 2. The predicted octanol–water partition coefficient (Wildman–Crippen LogP) is 3.48. The van der Waals surface area contributed by atoms with Gasteiger partial charge in [0.05, 0.1) is 12.3 Å². The molecule has 0 aliphatic heterocycles. The van der Waals surface area contributed by atoms with Gasteiger partial charge in [-0.15, -0.1) is 0 Å². The Morgan fingerprint density at radius 1 is 1.04 bits per heavy atom. The van der Waals surface area contributed by atoms with E-state index in [-0.39, 0.29) is 30.1 Å². The zero-order valence-corrected chi connectivity index (χ0v) is 14.2. The van der Waals surface area contributed by atoms with Gasteiger partial charge in [0.15, 0.2) is 0 Å². The van der Waals surface area contributed by atoms with E-state index in [0.29, 0.717) is 0 Å². The molecule has 0 bridgehead atoms. The minimum Gasteiger partial charge on any atom is -0.369 e. The van der Waals surface area contributed by atoms with Gasteiger partial charge in [-0.25, -0.2) is 0 Å². The number of primary amides is 1. The number of anilines is 1. The molecular weight excluding hydrogens is 300 g/mol. The second-order valence-corrected chi connectivity index (χ2v) is 6.10. The summed E-state index contributed by atoms with van der Waals surface area (Å²) in [5.74, 6) is -0.339. The quantitative estimate of drug-likeness (QED) is 0.818. The lowest BCUT2D eigenvalue weighted by molar-refractivity contribution is -0.119. The van der Waals surface area contributed by atoms with Gasteiger partial charge in [-0.05, 0) is 29.2 Å². The van der Waals surface area contributed by atoms with Gasteiger partial charge in [-0.2, -0.15) is 0 Å². The zero-order valence-electron chi connectivity index (χ0n) is 14.2. The molecule has 126 valence electrons. The van der Waals surface area contributed by atoms with E-state index in [1.807, 2.05) is 30.3 Å². The van der Waals surface area contributed by atoms with Gasteiger partial charge < -0.3 is 11.1 Å². The molecule has 0 heterocycles. The first-order valence-corrected chi connectivity index (χ1v) is 8.24. The molecule has 0 aliphatic rings. The Kier molecular flexibility index (Phi) is 6.13. The Hall–Kier alpha value is -2.62. The summed E-state index contributed by atoms with van der Waals surface area (Å²) in [5.41, 5.74) is 7.77. The Morgan fingerprint density at radius 2 is 1.67 bits per heavy atom. The molecule has 4 heteroatoms. The van der Waals surface area contributed by atoms with E-state index in [4.69, 9.17) is 5.73 Å². The van der Waals surface area contributed by atoms with Crippen molar-refractivity contribution in [3.05, 3.63) is 65.7 Å². The van der Waals surface area contributed by atoms with Crippen LogP contribution in [-0.4, -0.2) is 11.8 Å². The minimum atomic E-state index is -0.368. The fraction of sp³-hybridized carbons (Fsp3) is 0.300. The third-order valence-electron chi connectivity index (χ3n) is 4.25. The molecule has 0 fully saturated rings. The van der Waals surface area contributed by atoms with Crippen LogP contribution in [-0.2, 0) is 16.0 Å². The van der Waals surface area contributed by atoms with Gasteiger partial charge in [0.25, 0.3) is 0 Å². The van der Waals surface area contributed by atoms with Crippen molar-refractivity contribution < 1.29 is 9.59 Å². The van der Waals surface area contributed by atoms with E-state index in [2.05, 4.69) is 19.2 Å². The zero-order chi connectivity index (χ0) is 17.5. The van der Waals surface area contributed by atoms with Crippen LogP contribution in [0.25, 0.3) is 0 Å². The van der Waals surface area contributed by atoms with Crippen LogP contribution in [0.5, 0.6) is 0 Å². The average Bonchev–Trinajstić information content (AvgIpc) is 2.57. The molecule has 2 aromatic rings. The molecule has 0 radical (unpaired) electrons. The summed E-state index contributed by atoms with van der Waals surface area (Å²) in [6, 6.07) is 17.1. The monoisotopic (exact) mass is 324 g/mol. The van der Waals surface area contributed by atoms with Crippen molar-refractivity contribution in [1.82, 2.24) is 0 Å². The van der Waals surface area contributed by atoms with Crippen molar-refractivity contribution >= 4 is 17.5 Å². The first kappa shape index (κ1) is 17.7. The first-order chi connectivity index (χ1) is 11.5. The smallest absolute Gasteiger partial charge is 0.232 e. The number of nitrogens with two attached hydrogens (primary N) is 1. The number of carbonyl (C=O) groups is 2. The Balaban J connectivity index is 2.14. The molecule has 2 amide bonds. The summed E-state index contributed by atoms with van der Waals surface area (Å²) >= 11 is 0. The van der Waals surface area contributed by atoms with Crippen molar-refractivity contribution in [1.29, 1.82) is 0 Å². The predicted molar refractivity (Wildman–Crippen MR) is 96.6 cm³/mol. The number of rotatable bonds is 7.